The molecule has 0 bridgehead atoms. The molecule has 1 aromatic rings. The van der Waals surface area contributed by atoms with Crippen molar-refractivity contribution in [3.8, 4) is 6.07 Å². The first-order chi connectivity index (χ1) is 7.38. The summed E-state index contributed by atoms with van der Waals surface area (Å²) in [5.74, 6) is 0. The van der Waals surface area contributed by atoms with Crippen LogP contribution in [0.5, 0.6) is 0 Å². The Bertz CT molecular complexity index is 381. The van der Waals surface area contributed by atoms with Crippen molar-refractivity contribution in [3.63, 3.8) is 0 Å². The molecule has 0 aliphatic heterocycles. The van der Waals surface area contributed by atoms with Gasteiger partial charge in [-0.15, -0.1) is 0 Å². The minimum Gasteiger partial charge on any atom is -0.373 e. The number of ether oxygens (including phenoxy) is 1. The zero-order chi connectivity index (χ0) is 10.5. The van der Waals surface area contributed by atoms with Gasteiger partial charge in [0, 0.05) is 6.08 Å². The van der Waals surface area contributed by atoms with Crippen molar-refractivity contribution >= 4 is 0 Å². The molecule has 1 fully saturated rings. The fraction of sp³-hybridized carbons (Fsp3) is 0.308. The van der Waals surface area contributed by atoms with Crippen LogP contribution in [-0.2, 0) is 11.3 Å². The second-order valence-electron chi connectivity index (χ2n) is 3.76. The number of nitrogens with zero attached hydrogens (tertiary/aromatic N) is 1. The summed E-state index contributed by atoms with van der Waals surface area (Å²) in [5.41, 5.74) is 2.41. The minimum atomic E-state index is 0.310. The van der Waals surface area contributed by atoms with Crippen LogP contribution in [-0.4, -0.2) is 6.10 Å². The third-order valence-electron chi connectivity index (χ3n) is 2.58. The van der Waals surface area contributed by atoms with Crippen LogP contribution in [0, 0.1) is 11.3 Å². The number of hydrogen-bond donors (Lipinski definition) is 0. The number of rotatable bonds is 3. The molecule has 76 valence electrons. The van der Waals surface area contributed by atoms with E-state index in [0.29, 0.717) is 12.7 Å². The van der Waals surface area contributed by atoms with Gasteiger partial charge >= 0.3 is 0 Å². The summed E-state index contributed by atoms with van der Waals surface area (Å²) in [6, 6.07) is 12.2. The Kier molecular flexibility index (Phi) is 3.16. The molecule has 1 saturated carbocycles. The summed E-state index contributed by atoms with van der Waals surface area (Å²) in [6.07, 6.45) is 3.77. The van der Waals surface area contributed by atoms with Gasteiger partial charge in [-0.25, -0.2) is 0 Å². The third-order valence-corrected chi connectivity index (χ3v) is 2.58. The van der Waals surface area contributed by atoms with Gasteiger partial charge in [-0.05, 0) is 18.4 Å². The summed E-state index contributed by atoms with van der Waals surface area (Å²) in [6.45, 7) is 0.672. The van der Waals surface area contributed by atoms with E-state index < -0.39 is 0 Å². The van der Waals surface area contributed by atoms with Crippen LogP contribution in [0.1, 0.15) is 18.4 Å². The highest BCUT2D eigenvalue weighted by Crippen LogP contribution is 2.29. The van der Waals surface area contributed by atoms with Crippen LogP contribution in [0.15, 0.2) is 42.0 Å². The zero-order valence-corrected chi connectivity index (χ0v) is 8.52. The summed E-state index contributed by atoms with van der Waals surface area (Å²) >= 11 is 0. The van der Waals surface area contributed by atoms with Crippen molar-refractivity contribution in [1.82, 2.24) is 0 Å². The van der Waals surface area contributed by atoms with Crippen LogP contribution < -0.4 is 0 Å². The Balaban J connectivity index is 1.74. The molecule has 15 heavy (non-hydrogen) atoms. The molecule has 0 atom stereocenters. The van der Waals surface area contributed by atoms with E-state index in [2.05, 4.69) is 12.1 Å². The van der Waals surface area contributed by atoms with Crippen molar-refractivity contribution in [1.29, 1.82) is 5.26 Å². The van der Waals surface area contributed by atoms with Gasteiger partial charge in [0.1, 0.15) is 0 Å². The smallest absolute Gasteiger partial charge is 0.0911 e. The Labute approximate surface area is 89.8 Å². The van der Waals surface area contributed by atoms with Crippen molar-refractivity contribution in [2.45, 2.75) is 25.6 Å². The van der Waals surface area contributed by atoms with E-state index in [9.17, 15) is 0 Å². The fourth-order valence-corrected chi connectivity index (χ4v) is 1.64. The van der Waals surface area contributed by atoms with Crippen molar-refractivity contribution in [2.75, 3.05) is 0 Å². The highest BCUT2D eigenvalue weighted by molar-refractivity contribution is 5.21. The maximum atomic E-state index is 8.43. The number of hydrogen-bond acceptors (Lipinski definition) is 2. The minimum absolute atomic E-state index is 0.310. The Morgan fingerprint density at radius 1 is 1.33 bits per heavy atom. The van der Waals surface area contributed by atoms with Gasteiger partial charge in [-0.1, -0.05) is 35.9 Å². The van der Waals surface area contributed by atoms with Crippen LogP contribution in [0.2, 0.25) is 0 Å². The van der Waals surface area contributed by atoms with Gasteiger partial charge in [0.15, 0.2) is 0 Å². The topological polar surface area (TPSA) is 33.0 Å². The van der Waals surface area contributed by atoms with Gasteiger partial charge in [0.25, 0.3) is 0 Å². The largest absolute Gasteiger partial charge is 0.373 e. The molecule has 0 aromatic heterocycles. The number of allylic oxidation sites excluding steroid dienone is 1. The van der Waals surface area contributed by atoms with E-state index in [4.69, 9.17) is 10.00 Å². The van der Waals surface area contributed by atoms with E-state index in [1.165, 1.54) is 11.1 Å². The maximum absolute atomic E-state index is 8.43. The molecule has 1 aliphatic rings. The molecule has 0 unspecified atom stereocenters. The lowest BCUT2D eigenvalue weighted by atomic mass is 9.88. The molecule has 2 rings (SSSR count). The average molecular weight is 199 g/mol. The quantitative estimate of drug-likeness (QED) is 0.701. The monoisotopic (exact) mass is 199 g/mol. The van der Waals surface area contributed by atoms with Gasteiger partial charge < -0.3 is 4.74 Å². The second-order valence-corrected chi connectivity index (χ2v) is 3.76. The van der Waals surface area contributed by atoms with Crippen LogP contribution in [0.3, 0.4) is 0 Å². The maximum Gasteiger partial charge on any atom is 0.0911 e. The molecule has 1 aromatic carbocycles. The van der Waals surface area contributed by atoms with Crippen LogP contribution in [0.4, 0.5) is 0 Å². The highest BCUT2D eigenvalue weighted by Gasteiger charge is 2.23. The lowest BCUT2D eigenvalue weighted by molar-refractivity contribution is 0.0164. The molecular weight excluding hydrogens is 186 g/mol. The molecule has 0 N–H and O–H groups in total. The SMILES string of the molecule is N#CC=C1CC(OCc2ccccc2)C1. The molecule has 0 spiro atoms. The molecule has 0 saturated heterocycles. The Morgan fingerprint density at radius 3 is 2.73 bits per heavy atom. The molecular formula is C13H13NO. The summed E-state index contributed by atoms with van der Waals surface area (Å²) in [7, 11) is 0. The number of benzene rings is 1. The van der Waals surface area contributed by atoms with E-state index in [-0.39, 0.29) is 0 Å². The van der Waals surface area contributed by atoms with E-state index >= 15 is 0 Å². The first-order valence-corrected chi connectivity index (χ1v) is 5.11. The standard InChI is InChI=1S/C13H13NO/c14-7-6-12-8-13(9-12)15-10-11-4-2-1-3-5-11/h1-6,13H,8-10H2. The fourth-order valence-electron chi connectivity index (χ4n) is 1.64. The van der Waals surface area contributed by atoms with Crippen molar-refractivity contribution in [3.05, 3.63) is 47.5 Å². The van der Waals surface area contributed by atoms with Gasteiger partial charge in [-0.2, -0.15) is 5.26 Å². The lowest BCUT2D eigenvalue weighted by Gasteiger charge is -2.28. The van der Waals surface area contributed by atoms with Crippen molar-refractivity contribution in [2.24, 2.45) is 0 Å². The Hall–Kier alpha value is -1.59. The van der Waals surface area contributed by atoms with Gasteiger partial charge in [0.2, 0.25) is 0 Å². The van der Waals surface area contributed by atoms with Gasteiger partial charge in [0.05, 0.1) is 18.8 Å². The third kappa shape index (κ3) is 2.68. The summed E-state index contributed by atoms with van der Waals surface area (Å²) < 4.78 is 5.69. The normalized spacial score (nSPS) is 19.1. The molecule has 0 heterocycles. The molecule has 2 nitrogen and oxygen atoms in total. The molecule has 0 amide bonds. The predicted octanol–water partition coefficient (Wildman–Crippen LogP) is 2.82. The lowest BCUT2D eigenvalue weighted by Crippen LogP contribution is -2.24. The summed E-state index contributed by atoms with van der Waals surface area (Å²) in [4.78, 5) is 0. The molecule has 2 heteroatoms. The first-order valence-electron chi connectivity index (χ1n) is 5.11. The van der Waals surface area contributed by atoms with Crippen LogP contribution in [0.25, 0.3) is 0 Å². The number of nitriles is 1. The van der Waals surface area contributed by atoms with E-state index in [0.717, 1.165) is 12.8 Å². The predicted molar refractivity (Wildman–Crippen MR) is 57.9 cm³/mol. The first kappa shape index (κ1) is 9.95. The summed E-state index contributed by atoms with van der Waals surface area (Å²) in [5, 5.41) is 8.43. The van der Waals surface area contributed by atoms with E-state index in [1.54, 1.807) is 6.08 Å². The zero-order valence-electron chi connectivity index (χ0n) is 8.52. The second kappa shape index (κ2) is 4.77. The Morgan fingerprint density at radius 2 is 2.07 bits per heavy atom. The highest BCUT2D eigenvalue weighted by atomic mass is 16.5. The molecule has 1 aliphatic carbocycles. The van der Waals surface area contributed by atoms with Gasteiger partial charge in [-0.3, -0.25) is 0 Å². The molecule has 0 radical (unpaired) electrons. The van der Waals surface area contributed by atoms with Crippen LogP contribution >= 0.6 is 0 Å². The average Bonchev–Trinajstić information content (AvgIpc) is 2.23. The van der Waals surface area contributed by atoms with Crippen molar-refractivity contribution < 1.29 is 4.74 Å². The van der Waals surface area contributed by atoms with E-state index in [1.807, 2.05) is 24.3 Å².